The van der Waals surface area contributed by atoms with Crippen LogP contribution in [0.4, 0.5) is 0 Å². The van der Waals surface area contributed by atoms with Crippen molar-refractivity contribution in [3.63, 3.8) is 0 Å². The van der Waals surface area contributed by atoms with Gasteiger partial charge in [-0.25, -0.2) is 4.98 Å². The Morgan fingerprint density at radius 2 is 2.25 bits per heavy atom. The molecule has 0 bridgehead atoms. The monoisotopic (exact) mass is 403 g/mol. The van der Waals surface area contributed by atoms with E-state index in [9.17, 15) is 4.79 Å². The van der Waals surface area contributed by atoms with Crippen LogP contribution in [0.1, 0.15) is 42.4 Å². The number of nitrogens with zero attached hydrogens (tertiary/aromatic N) is 1. The predicted molar refractivity (Wildman–Crippen MR) is 100 cm³/mol. The molecule has 0 spiro atoms. The summed E-state index contributed by atoms with van der Waals surface area (Å²) in [5, 5.41) is 3.10. The Labute approximate surface area is 152 Å². The molecule has 1 aliphatic rings. The first-order valence-corrected chi connectivity index (χ1v) is 9.70. The lowest BCUT2D eigenvalue weighted by atomic mass is 10.2. The van der Waals surface area contributed by atoms with Gasteiger partial charge in [-0.15, -0.1) is 11.3 Å². The van der Waals surface area contributed by atoms with Gasteiger partial charge in [-0.3, -0.25) is 4.79 Å². The molecule has 1 aromatic carbocycles. The zero-order chi connectivity index (χ0) is 16.7. The lowest BCUT2D eigenvalue weighted by Gasteiger charge is -2.11. The van der Waals surface area contributed by atoms with E-state index in [4.69, 9.17) is 0 Å². The number of imidazole rings is 1. The molecule has 1 saturated carbocycles. The molecular formula is C18H18BrN3OS. The maximum Gasteiger partial charge on any atom is 0.220 e. The number of thiophene rings is 1. The highest BCUT2D eigenvalue weighted by atomic mass is 79.9. The van der Waals surface area contributed by atoms with Crippen molar-refractivity contribution in [3.05, 3.63) is 50.9 Å². The van der Waals surface area contributed by atoms with Crippen LogP contribution in [0, 0.1) is 5.92 Å². The number of H-pyrrole nitrogens is 1. The van der Waals surface area contributed by atoms with Crippen LogP contribution in [-0.4, -0.2) is 15.9 Å². The van der Waals surface area contributed by atoms with Crippen molar-refractivity contribution >= 4 is 44.2 Å². The fourth-order valence-corrected chi connectivity index (χ4v) is 4.55. The van der Waals surface area contributed by atoms with Crippen molar-refractivity contribution in [2.24, 2.45) is 5.92 Å². The fourth-order valence-electron chi connectivity index (χ4n) is 3.13. The minimum Gasteiger partial charge on any atom is -0.349 e. The average Bonchev–Trinajstić information content (AvgIpc) is 2.97. The van der Waals surface area contributed by atoms with Crippen molar-refractivity contribution < 1.29 is 4.79 Å². The molecule has 3 atom stereocenters. The van der Waals surface area contributed by atoms with Crippen LogP contribution in [0.3, 0.4) is 0 Å². The van der Waals surface area contributed by atoms with E-state index in [0.29, 0.717) is 18.3 Å². The van der Waals surface area contributed by atoms with Gasteiger partial charge in [-0.1, -0.05) is 12.1 Å². The molecule has 2 heterocycles. The van der Waals surface area contributed by atoms with E-state index in [2.05, 4.69) is 31.2 Å². The van der Waals surface area contributed by atoms with Crippen LogP contribution < -0.4 is 5.32 Å². The van der Waals surface area contributed by atoms with Crippen LogP contribution in [0.2, 0.25) is 0 Å². The molecule has 1 amide bonds. The molecule has 2 N–H and O–H groups in total. The second-order valence-corrected chi connectivity index (χ2v) is 8.87. The Balaban J connectivity index is 1.34. The molecule has 3 aromatic rings. The van der Waals surface area contributed by atoms with Gasteiger partial charge in [0.2, 0.25) is 5.91 Å². The maximum absolute atomic E-state index is 12.3. The van der Waals surface area contributed by atoms with Crippen molar-refractivity contribution in [2.75, 3.05) is 0 Å². The molecule has 2 aromatic heterocycles. The number of nitrogens with one attached hydrogen (secondary N) is 2. The van der Waals surface area contributed by atoms with Gasteiger partial charge >= 0.3 is 0 Å². The largest absolute Gasteiger partial charge is 0.349 e. The first-order valence-electron chi connectivity index (χ1n) is 8.09. The minimum absolute atomic E-state index is 0.0530. The molecule has 0 radical (unpaired) electrons. The van der Waals surface area contributed by atoms with E-state index in [0.717, 1.165) is 27.1 Å². The highest BCUT2D eigenvalue weighted by Crippen LogP contribution is 2.48. The molecule has 1 fully saturated rings. The summed E-state index contributed by atoms with van der Waals surface area (Å²) in [4.78, 5) is 21.5. The molecule has 1 aliphatic carbocycles. The molecule has 4 nitrogen and oxygen atoms in total. The molecule has 24 heavy (non-hydrogen) atoms. The number of halogens is 1. The van der Waals surface area contributed by atoms with Crippen LogP contribution in [-0.2, 0) is 4.79 Å². The van der Waals surface area contributed by atoms with E-state index in [1.165, 1.54) is 4.88 Å². The molecule has 0 aliphatic heterocycles. The van der Waals surface area contributed by atoms with Gasteiger partial charge in [0, 0.05) is 17.2 Å². The lowest BCUT2D eigenvalue weighted by Crippen LogP contribution is -2.26. The highest BCUT2D eigenvalue weighted by Gasteiger charge is 2.41. The number of hydrogen-bond donors (Lipinski definition) is 2. The number of amides is 1. The quantitative estimate of drug-likeness (QED) is 0.644. The van der Waals surface area contributed by atoms with Gasteiger partial charge in [0.25, 0.3) is 0 Å². The molecule has 0 unspecified atom stereocenters. The smallest absolute Gasteiger partial charge is 0.220 e. The van der Waals surface area contributed by atoms with Crippen molar-refractivity contribution in [2.45, 2.75) is 31.7 Å². The van der Waals surface area contributed by atoms with Gasteiger partial charge < -0.3 is 10.3 Å². The molecule has 0 saturated heterocycles. The van der Waals surface area contributed by atoms with E-state index in [1.54, 1.807) is 11.3 Å². The Morgan fingerprint density at radius 1 is 1.42 bits per heavy atom. The van der Waals surface area contributed by atoms with Crippen LogP contribution in [0.25, 0.3) is 11.0 Å². The van der Waals surface area contributed by atoms with Gasteiger partial charge in [0.15, 0.2) is 0 Å². The number of aromatic amines is 1. The third-order valence-electron chi connectivity index (χ3n) is 4.53. The first kappa shape index (κ1) is 15.8. The summed E-state index contributed by atoms with van der Waals surface area (Å²) in [5.74, 6) is 1.92. The van der Waals surface area contributed by atoms with Gasteiger partial charge in [-0.05, 0) is 59.5 Å². The summed E-state index contributed by atoms with van der Waals surface area (Å²) < 4.78 is 1.09. The van der Waals surface area contributed by atoms with E-state index < -0.39 is 0 Å². The van der Waals surface area contributed by atoms with Crippen LogP contribution >= 0.6 is 27.3 Å². The Kier molecular flexibility index (Phi) is 4.18. The van der Waals surface area contributed by atoms with Crippen LogP contribution in [0.5, 0.6) is 0 Å². The molecular weight excluding hydrogens is 386 g/mol. The lowest BCUT2D eigenvalue weighted by molar-refractivity contribution is -0.122. The Bertz CT molecular complexity index is 854. The average molecular weight is 404 g/mol. The Morgan fingerprint density at radius 3 is 3.00 bits per heavy atom. The van der Waals surface area contributed by atoms with Crippen molar-refractivity contribution in [1.29, 1.82) is 0 Å². The first-order chi connectivity index (χ1) is 11.6. The summed E-state index contributed by atoms with van der Waals surface area (Å²) in [6.45, 7) is 2.03. The number of hydrogen-bond acceptors (Lipinski definition) is 3. The summed E-state index contributed by atoms with van der Waals surface area (Å²) in [6, 6.07) is 12.2. The van der Waals surface area contributed by atoms with Crippen LogP contribution in [0.15, 0.2) is 40.2 Å². The second kappa shape index (κ2) is 6.33. The number of para-hydroxylation sites is 2. The van der Waals surface area contributed by atoms with Gasteiger partial charge in [0.05, 0.1) is 20.9 Å². The third-order valence-corrected chi connectivity index (χ3v) is 6.33. The van der Waals surface area contributed by atoms with Gasteiger partial charge in [0.1, 0.15) is 5.82 Å². The zero-order valence-corrected chi connectivity index (χ0v) is 15.7. The number of benzene rings is 1. The topological polar surface area (TPSA) is 57.8 Å². The highest BCUT2D eigenvalue weighted by molar-refractivity contribution is 9.11. The Hall–Kier alpha value is -1.66. The summed E-state index contributed by atoms with van der Waals surface area (Å²) >= 11 is 5.12. The number of rotatable bonds is 5. The fraction of sp³-hybridized carbons (Fsp3) is 0.333. The minimum atomic E-state index is 0.0530. The normalized spacial score (nSPS) is 20.9. The second-order valence-electron chi connectivity index (χ2n) is 6.38. The summed E-state index contributed by atoms with van der Waals surface area (Å²) in [7, 11) is 0. The predicted octanol–water partition coefficient (Wildman–Crippen LogP) is 4.76. The van der Waals surface area contributed by atoms with Crippen molar-refractivity contribution in [1.82, 2.24) is 15.3 Å². The molecule has 4 rings (SSSR count). The van der Waals surface area contributed by atoms with Crippen molar-refractivity contribution in [3.8, 4) is 0 Å². The third kappa shape index (κ3) is 3.26. The molecule has 124 valence electrons. The van der Waals surface area contributed by atoms with Gasteiger partial charge in [-0.2, -0.15) is 0 Å². The maximum atomic E-state index is 12.3. The van der Waals surface area contributed by atoms with E-state index >= 15 is 0 Å². The summed E-state index contributed by atoms with van der Waals surface area (Å²) in [5.41, 5.74) is 2.07. The zero-order valence-electron chi connectivity index (χ0n) is 13.3. The SMILES string of the molecule is C[C@@H](NC(=O)C[C@H]1C[C@H]1c1nc2ccccc2[nH]1)c1ccc(Br)s1. The number of fused-ring (bicyclic) bond motifs is 1. The summed E-state index contributed by atoms with van der Waals surface area (Å²) in [6.07, 6.45) is 1.60. The standard InChI is InChI=1S/C18H18BrN3OS/c1-10(15-6-7-16(19)24-15)20-17(23)9-11-8-12(11)18-21-13-4-2-3-5-14(13)22-18/h2-7,10-12H,8-9H2,1H3,(H,20,23)(H,21,22)/t10-,11-,12-/m1/s1. The number of aromatic nitrogens is 2. The van der Waals surface area contributed by atoms with E-state index in [-0.39, 0.29) is 11.9 Å². The molecule has 6 heteroatoms. The number of carbonyl (C=O) groups is 1. The number of carbonyl (C=O) groups excluding carboxylic acids is 1. The van der Waals surface area contributed by atoms with E-state index in [1.807, 2.05) is 43.3 Å².